The highest BCUT2D eigenvalue weighted by Crippen LogP contribution is 2.35. The van der Waals surface area contributed by atoms with E-state index in [1.165, 1.54) is 0 Å². The predicted molar refractivity (Wildman–Crippen MR) is 165 cm³/mol. The lowest BCUT2D eigenvalue weighted by molar-refractivity contribution is 0.0943. The number of aryl methyl sites for hydroxylation is 1. The molecule has 43 heavy (non-hydrogen) atoms. The van der Waals surface area contributed by atoms with Crippen LogP contribution in [-0.2, 0) is 19.6 Å². The van der Waals surface area contributed by atoms with Gasteiger partial charge in [-0.15, -0.1) is 0 Å². The number of methoxy groups -OCH3 is 2. The van der Waals surface area contributed by atoms with Crippen molar-refractivity contribution in [3.8, 4) is 22.6 Å². The number of benzene rings is 3. The van der Waals surface area contributed by atoms with Crippen molar-refractivity contribution in [2.75, 3.05) is 25.7 Å². The number of ether oxygens (including phenoxy) is 2. The molecule has 0 bridgehead atoms. The highest BCUT2D eigenvalue weighted by Gasteiger charge is 2.28. The lowest BCUT2D eigenvalue weighted by atomic mass is 10.0. The Labute approximate surface area is 250 Å². The zero-order valence-corrected chi connectivity index (χ0v) is 24.2. The second-order valence-corrected chi connectivity index (χ2v) is 10.4. The summed E-state index contributed by atoms with van der Waals surface area (Å²) in [5.41, 5.74) is 5.54. The number of hydrogen-bond donors (Lipinski definition) is 1. The number of carbonyl (C=O) groups is 2. The first-order valence-electron chi connectivity index (χ1n) is 14.2. The monoisotopic (exact) mass is 575 g/mol. The number of imidazole rings is 1. The molecule has 2 amide bonds. The number of fused-ring (bicyclic) bond motifs is 2. The Bertz CT molecular complexity index is 1760. The highest BCUT2D eigenvalue weighted by molar-refractivity contribution is 6.07. The number of nitrogens with zero attached hydrogens (tertiary/aromatic N) is 4. The molecule has 218 valence electrons. The molecule has 5 aromatic rings. The second kappa shape index (κ2) is 12.3. The van der Waals surface area contributed by atoms with E-state index in [0.717, 1.165) is 46.8 Å². The lowest BCUT2D eigenvalue weighted by Gasteiger charge is -2.23. The molecule has 3 heterocycles. The minimum absolute atomic E-state index is 0.132. The van der Waals surface area contributed by atoms with Gasteiger partial charge >= 0.3 is 0 Å². The first-order valence-corrected chi connectivity index (χ1v) is 14.2. The first-order chi connectivity index (χ1) is 21.1. The standard InChI is InChI=1S/C34H33N5O4/c1-42-28-9-5-8-24(19-28)29-13-11-25(20-32(29)43-2)34(41)39-22-27-12-14-31(38(27)21-26-7-3-4-10-30(26)39)33(40)36-15-6-17-37-18-16-35-23-37/h3-5,7-14,16,18-20,23H,6,15,17,21-22H2,1-2H3,(H,36,40). The minimum Gasteiger partial charge on any atom is -0.497 e. The molecular weight excluding hydrogens is 542 g/mol. The lowest BCUT2D eigenvalue weighted by Crippen LogP contribution is -2.31. The molecule has 0 spiro atoms. The summed E-state index contributed by atoms with van der Waals surface area (Å²) < 4.78 is 15.1. The van der Waals surface area contributed by atoms with E-state index in [1.54, 1.807) is 37.7 Å². The molecule has 1 aliphatic rings. The van der Waals surface area contributed by atoms with Crippen LogP contribution in [0.5, 0.6) is 11.5 Å². The third-order valence-electron chi connectivity index (χ3n) is 7.75. The smallest absolute Gasteiger partial charge is 0.267 e. The molecule has 9 heteroatoms. The van der Waals surface area contributed by atoms with Crippen LogP contribution in [0.3, 0.4) is 0 Å². The summed E-state index contributed by atoms with van der Waals surface area (Å²) in [6, 6.07) is 24.9. The zero-order chi connectivity index (χ0) is 29.8. The van der Waals surface area contributed by atoms with Crippen LogP contribution in [0.4, 0.5) is 5.69 Å². The number of carbonyl (C=O) groups excluding carboxylic acids is 2. The van der Waals surface area contributed by atoms with Crippen LogP contribution in [0.15, 0.2) is 97.6 Å². The Morgan fingerprint density at radius 1 is 0.930 bits per heavy atom. The number of hydrogen-bond acceptors (Lipinski definition) is 5. The molecule has 0 fully saturated rings. The van der Waals surface area contributed by atoms with Crippen molar-refractivity contribution in [2.45, 2.75) is 26.1 Å². The van der Waals surface area contributed by atoms with Gasteiger partial charge < -0.3 is 28.8 Å². The zero-order valence-electron chi connectivity index (χ0n) is 24.2. The van der Waals surface area contributed by atoms with Gasteiger partial charge in [0.25, 0.3) is 11.8 Å². The summed E-state index contributed by atoms with van der Waals surface area (Å²) in [6.07, 6.45) is 6.21. The molecule has 0 radical (unpaired) electrons. The normalized spacial score (nSPS) is 12.2. The second-order valence-electron chi connectivity index (χ2n) is 10.4. The van der Waals surface area contributed by atoms with Crippen LogP contribution in [0, 0.1) is 0 Å². The molecule has 0 unspecified atom stereocenters. The number of amides is 2. The quantitative estimate of drug-likeness (QED) is 0.238. The molecule has 2 aromatic heterocycles. The Balaban J connectivity index is 1.25. The topological polar surface area (TPSA) is 90.6 Å². The molecule has 0 saturated carbocycles. The van der Waals surface area contributed by atoms with Crippen molar-refractivity contribution in [2.24, 2.45) is 0 Å². The number of anilines is 1. The third kappa shape index (κ3) is 5.74. The van der Waals surface area contributed by atoms with Crippen LogP contribution in [0.25, 0.3) is 11.1 Å². The van der Waals surface area contributed by atoms with Gasteiger partial charge in [0, 0.05) is 48.0 Å². The van der Waals surface area contributed by atoms with Crippen molar-refractivity contribution in [1.29, 1.82) is 0 Å². The van der Waals surface area contributed by atoms with E-state index < -0.39 is 0 Å². The predicted octanol–water partition coefficient (Wildman–Crippen LogP) is 5.40. The molecule has 1 aliphatic heterocycles. The van der Waals surface area contributed by atoms with E-state index >= 15 is 0 Å². The summed E-state index contributed by atoms with van der Waals surface area (Å²) >= 11 is 0. The fourth-order valence-electron chi connectivity index (χ4n) is 5.52. The SMILES string of the molecule is COc1cccc(-c2ccc(C(=O)N3Cc4ccc(C(=O)NCCCn5ccnc5)n4Cc4ccccc43)cc2OC)c1. The maximum atomic E-state index is 14.1. The van der Waals surface area contributed by atoms with Gasteiger partial charge in [0.2, 0.25) is 0 Å². The van der Waals surface area contributed by atoms with E-state index in [4.69, 9.17) is 9.47 Å². The van der Waals surface area contributed by atoms with E-state index in [2.05, 4.69) is 10.3 Å². The van der Waals surface area contributed by atoms with Gasteiger partial charge in [-0.2, -0.15) is 0 Å². The fourth-order valence-corrected chi connectivity index (χ4v) is 5.52. The van der Waals surface area contributed by atoms with Gasteiger partial charge in [-0.05, 0) is 66.1 Å². The Morgan fingerprint density at radius 3 is 2.63 bits per heavy atom. The first kappa shape index (κ1) is 27.8. The van der Waals surface area contributed by atoms with Crippen LogP contribution in [0.1, 0.15) is 38.5 Å². The molecule has 0 aliphatic carbocycles. The van der Waals surface area contributed by atoms with Crippen molar-refractivity contribution >= 4 is 17.5 Å². The largest absolute Gasteiger partial charge is 0.497 e. The molecule has 1 N–H and O–H groups in total. The van der Waals surface area contributed by atoms with Gasteiger partial charge in [0.1, 0.15) is 17.2 Å². The Morgan fingerprint density at radius 2 is 1.81 bits per heavy atom. The Kier molecular flexibility index (Phi) is 7.95. The summed E-state index contributed by atoms with van der Waals surface area (Å²) in [6.45, 7) is 2.14. The fraction of sp³-hybridized carbons (Fsp3) is 0.206. The van der Waals surface area contributed by atoms with E-state index in [9.17, 15) is 9.59 Å². The maximum Gasteiger partial charge on any atom is 0.267 e. The number of nitrogens with one attached hydrogen (secondary N) is 1. The number of aromatic nitrogens is 3. The third-order valence-corrected chi connectivity index (χ3v) is 7.75. The molecule has 9 nitrogen and oxygen atoms in total. The minimum atomic E-state index is -0.150. The van der Waals surface area contributed by atoms with E-state index in [0.29, 0.717) is 36.6 Å². The molecule has 3 aromatic carbocycles. The number of para-hydroxylation sites is 1. The van der Waals surface area contributed by atoms with Crippen molar-refractivity contribution in [3.05, 3.63) is 120 Å². The van der Waals surface area contributed by atoms with Gasteiger partial charge in [0.15, 0.2) is 0 Å². The molecule has 0 saturated heterocycles. The Hall–Kier alpha value is -5.31. The van der Waals surface area contributed by atoms with E-state index in [1.807, 2.05) is 88.1 Å². The van der Waals surface area contributed by atoms with Gasteiger partial charge in [0.05, 0.1) is 33.6 Å². The van der Waals surface area contributed by atoms with E-state index in [-0.39, 0.29) is 11.8 Å². The van der Waals surface area contributed by atoms with Gasteiger partial charge in [-0.3, -0.25) is 9.59 Å². The molecular formula is C34H33N5O4. The summed E-state index contributed by atoms with van der Waals surface area (Å²) in [4.78, 5) is 33.1. The number of rotatable bonds is 9. The average Bonchev–Trinajstić information content (AvgIpc) is 3.68. The average molecular weight is 576 g/mol. The van der Waals surface area contributed by atoms with Crippen molar-refractivity contribution in [3.63, 3.8) is 0 Å². The van der Waals surface area contributed by atoms with Gasteiger partial charge in [-0.1, -0.05) is 30.3 Å². The molecule has 0 atom stereocenters. The summed E-state index contributed by atoms with van der Waals surface area (Å²) in [5, 5.41) is 3.04. The highest BCUT2D eigenvalue weighted by atomic mass is 16.5. The van der Waals surface area contributed by atoms with Crippen LogP contribution < -0.4 is 19.7 Å². The van der Waals surface area contributed by atoms with Crippen LogP contribution >= 0.6 is 0 Å². The van der Waals surface area contributed by atoms with Crippen molar-refractivity contribution < 1.29 is 19.1 Å². The summed E-state index contributed by atoms with van der Waals surface area (Å²) in [5.74, 6) is 1.05. The van der Waals surface area contributed by atoms with Crippen LogP contribution in [0.2, 0.25) is 0 Å². The summed E-state index contributed by atoms with van der Waals surface area (Å²) in [7, 11) is 3.24. The van der Waals surface area contributed by atoms with Crippen molar-refractivity contribution in [1.82, 2.24) is 19.4 Å². The molecule has 6 rings (SSSR count). The van der Waals surface area contributed by atoms with Gasteiger partial charge in [-0.25, -0.2) is 4.98 Å². The van der Waals surface area contributed by atoms with Crippen LogP contribution in [-0.4, -0.2) is 46.7 Å². The maximum absolute atomic E-state index is 14.1.